The van der Waals surface area contributed by atoms with Gasteiger partial charge in [0, 0.05) is 31.2 Å². The number of nitrogens with one attached hydrogen (secondary N) is 1. The molecule has 1 aromatic carbocycles. The van der Waals surface area contributed by atoms with E-state index in [0.717, 1.165) is 17.3 Å². The van der Waals surface area contributed by atoms with Gasteiger partial charge in [0.1, 0.15) is 5.69 Å². The van der Waals surface area contributed by atoms with Crippen molar-refractivity contribution >= 4 is 16.7 Å². The molecule has 5 nitrogen and oxygen atoms in total. The van der Waals surface area contributed by atoms with E-state index in [1.54, 1.807) is 6.20 Å². The van der Waals surface area contributed by atoms with Gasteiger partial charge in [-0.1, -0.05) is 24.3 Å². The van der Waals surface area contributed by atoms with Gasteiger partial charge >= 0.3 is 0 Å². The van der Waals surface area contributed by atoms with Crippen molar-refractivity contribution in [3.8, 4) is 0 Å². The van der Waals surface area contributed by atoms with Crippen LogP contribution in [0.25, 0.3) is 10.8 Å². The van der Waals surface area contributed by atoms with Crippen molar-refractivity contribution in [1.29, 1.82) is 0 Å². The first-order chi connectivity index (χ1) is 10.3. The maximum Gasteiger partial charge on any atom is 0.273 e. The van der Waals surface area contributed by atoms with Crippen LogP contribution in [0.4, 0.5) is 0 Å². The summed E-state index contributed by atoms with van der Waals surface area (Å²) in [6.07, 6.45) is 1.74. The molecule has 21 heavy (non-hydrogen) atoms. The van der Waals surface area contributed by atoms with Gasteiger partial charge < -0.3 is 15.0 Å². The fourth-order valence-corrected chi connectivity index (χ4v) is 2.69. The Kier molecular flexibility index (Phi) is 4.13. The number of pyridine rings is 1. The van der Waals surface area contributed by atoms with Gasteiger partial charge in [-0.25, -0.2) is 0 Å². The second-order valence-electron chi connectivity index (χ2n) is 5.18. The Morgan fingerprint density at radius 2 is 2.29 bits per heavy atom. The first-order valence-electron chi connectivity index (χ1n) is 7.19. The van der Waals surface area contributed by atoms with Crippen molar-refractivity contribution in [2.75, 3.05) is 33.3 Å². The summed E-state index contributed by atoms with van der Waals surface area (Å²) in [4.78, 5) is 18.9. The minimum absolute atomic E-state index is 0.0174. The molecule has 0 aliphatic carbocycles. The van der Waals surface area contributed by atoms with Gasteiger partial charge in [-0.15, -0.1) is 0 Å². The number of ether oxygens (including phenoxy) is 1. The van der Waals surface area contributed by atoms with E-state index < -0.39 is 0 Å². The molecule has 1 fully saturated rings. The summed E-state index contributed by atoms with van der Waals surface area (Å²) in [5.74, 6) is -0.0174. The van der Waals surface area contributed by atoms with Crippen LogP contribution in [0.3, 0.4) is 0 Å². The number of rotatable bonds is 3. The topological polar surface area (TPSA) is 54.5 Å². The second kappa shape index (κ2) is 6.20. The number of hydrogen-bond acceptors (Lipinski definition) is 4. The van der Waals surface area contributed by atoms with Gasteiger partial charge in [-0.2, -0.15) is 0 Å². The van der Waals surface area contributed by atoms with Crippen LogP contribution in [-0.2, 0) is 4.74 Å². The predicted molar refractivity (Wildman–Crippen MR) is 81.3 cm³/mol. The quantitative estimate of drug-likeness (QED) is 0.923. The minimum atomic E-state index is -0.0174. The molecule has 2 heterocycles. The smallest absolute Gasteiger partial charge is 0.273 e. The van der Waals surface area contributed by atoms with Crippen molar-refractivity contribution in [3.63, 3.8) is 0 Å². The molecular weight excluding hydrogens is 266 g/mol. The molecule has 1 atom stereocenters. The van der Waals surface area contributed by atoms with Crippen LogP contribution in [-0.4, -0.2) is 55.2 Å². The highest BCUT2D eigenvalue weighted by molar-refractivity contribution is 6.05. The molecule has 1 aliphatic rings. The Bertz CT molecular complexity index is 637. The van der Waals surface area contributed by atoms with E-state index in [-0.39, 0.29) is 12.0 Å². The van der Waals surface area contributed by atoms with E-state index in [2.05, 4.69) is 10.3 Å². The summed E-state index contributed by atoms with van der Waals surface area (Å²) >= 11 is 0. The molecule has 1 N–H and O–H groups in total. The lowest BCUT2D eigenvalue weighted by Gasteiger charge is -2.32. The summed E-state index contributed by atoms with van der Waals surface area (Å²) < 4.78 is 5.65. The normalized spacial score (nSPS) is 18.9. The number of aromatic nitrogens is 1. The van der Waals surface area contributed by atoms with Crippen molar-refractivity contribution in [2.45, 2.75) is 6.10 Å². The van der Waals surface area contributed by atoms with E-state index >= 15 is 0 Å². The van der Waals surface area contributed by atoms with Crippen LogP contribution >= 0.6 is 0 Å². The van der Waals surface area contributed by atoms with Crippen molar-refractivity contribution in [1.82, 2.24) is 15.2 Å². The molecule has 0 radical (unpaired) electrons. The van der Waals surface area contributed by atoms with Gasteiger partial charge in [-0.3, -0.25) is 9.78 Å². The molecule has 0 saturated carbocycles. The first-order valence-corrected chi connectivity index (χ1v) is 7.19. The number of nitrogens with zero attached hydrogens (tertiary/aromatic N) is 2. The maximum atomic E-state index is 12.8. The molecule has 5 heteroatoms. The summed E-state index contributed by atoms with van der Waals surface area (Å²) in [7, 11) is 1.89. The number of amides is 1. The monoisotopic (exact) mass is 285 g/mol. The molecule has 1 saturated heterocycles. The van der Waals surface area contributed by atoms with E-state index in [1.807, 2.05) is 42.3 Å². The zero-order valence-corrected chi connectivity index (χ0v) is 12.1. The Labute approximate surface area is 123 Å². The highest BCUT2D eigenvalue weighted by Gasteiger charge is 2.26. The molecule has 1 amide bonds. The Balaban J connectivity index is 1.86. The second-order valence-corrected chi connectivity index (χ2v) is 5.18. The van der Waals surface area contributed by atoms with Crippen molar-refractivity contribution in [2.24, 2.45) is 0 Å². The van der Waals surface area contributed by atoms with Crippen LogP contribution in [0.1, 0.15) is 10.5 Å². The largest absolute Gasteiger partial charge is 0.373 e. The lowest BCUT2D eigenvalue weighted by atomic mass is 10.1. The molecular formula is C16H19N3O2. The summed E-state index contributed by atoms with van der Waals surface area (Å²) in [6, 6.07) is 9.77. The Hall–Kier alpha value is -1.98. The van der Waals surface area contributed by atoms with E-state index in [1.165, 1.54) is 0 Å². The number of fused-ring (bicyclic) bond motifs is 1. The number of carbonyl (C=O) groups is 1. The molecule has 110 valence electrons. The standard InChI is InChI=1S/C16H19N3O2/c1-17-10-13-11-19(8-9-21-13)16(20)15-14-5-3-2-4-12(14)6-7-18-15/h2-7,13,17H,8-11H2,1H3. The van der Waals surface area contributed by atoms with Crippen LogP contribution in [0.5, 0.6) is 0 Å². The average Bonchev–Trinajstić information content (AvgIpc) is 2.54. The SMILES string of the molecule is CNCC1CN(C(=O)c2nccc3ccccc23)CCO1. The molecule has 3 rings (SSSR count). The van der Waals surface area contributed by atoms with Crippen LogP contribution in [0.2, 0.25) is 0 Å². The van der Waals surface area contributed by atoms with E-state index in [4.69, 9.17) is 4.74 Å². The zero-order chi connectivity index (χ0) is 14.7. The van der Waals surface area contributed by atoms with Crippen LogP contribution < -0.4 is 5.32 Å². The molecule has 1 aromatic heterocycles. The lowest BCUT2D eigenvalue weighted by Crippen LogP contribution is -2.48. The van der Waals surface area contributed by atoms with Gasteiger partial charge in [0.25, 0.3) is 5.91 Å². The minimum Gasteiger partial charge on any atom is -0.373 e. The lowest BCUT2D eigenvalue weighted by molar-refractivity contribution is -0.0197. The van der Waals surface area contributed by atoms with Crippen LogP contribution in [0, 0.1) is 0 Å². The number of likely N-dealkylation sites (N-methyl/N-ethyl adjacent to an activating group) is 1. The Morgan fingerprint density at radius 1 is 1.43 bits per heavy atom. The summed E-state index contributed by atoms with van der Waals surface area (Å²) in [5, 5.41) is 5.03. The highest BCUT2D eigenvalue weighted by Crippen LogP contribution is 2.19. The van der Waals surface area contributed by atoms with Crippen molar-refractivity contribution in [3.05, 3.63) is 42.2 Å². The number of benzene rings is 1. The van der Waals surface area contributed by atoms with Gasteiger partial charge in [0.15, 0.2) is 0 Å². The third-order valence-corrected chi connectivity index (χ3v) is 3.73. The van der Waals surface area contributed by atoms with Gasteiger partial charge in [-0.05, 0) is 18.5 Å². The van der Waals surface area contributed by atoms with Crippen molar-refractivity contribution < 1.29 is 9.53 Å². The summed E-state index contributed by atoms with van der Waals surface area (Å²) in [6.45, 7) is 2.53. The van der Waals surface area contributed by atoms with Crippen LogP contribution in [0.15, 0.2) is 36.5 Å². The fourth-order valence-electron chi connectivity index (χ4n) is 2.69. The fraction of sp³-hybridized carbons (Fsp3) is 0.375. The third-order valence-electron chi connectivity index (χ3n) is 3.73. The molecule has 2 aromatic rings. The van der Waals surface area contributed by atoms with E-state index in [9.17, 15) is 4.79 Å². The average molecular weight is 285 g/mol. The first kappa shape index (κ1) is 14.0. The molecule has 0 spiro atoms. The maximum absolute atomic E-state index is 12.8. The number of hydrogen-bond donors (Lipinski definition) is 1. The molecule has 1 unspecified atom stereocenters. The number of carbonyl (C=O) groups excluding carboxylic acids is 1. The van der Waals surface area contributed by atoms with E-state index in [0.29, 0.717) is 25.4 Å². The number of morpholine rings is 1. The summed E-state index contributed by atoms with van der Waals surface area (Å²) in [5.41, 5.74) is 0.526. The highest BCUT2D eigenvalue weighted by atomic mass is 16.5. The third kappa shape index (κ3) is 2.89. The van der Waals surface area contributed by atoms with Gasteiger partial charge in [0.05, 0.1) is 12.7 Å². The molecule has 1 aliphatic heterocycles. The Morgan fingerprint density at radius 3 is 3.14 bits per heavy atom. The van der Waals surface area contributed by atoms with Gasteiger partial charge in [0.2, 0.25) is 0 Å². The predicted octanol–water partition coefficient (Wildman–Crippen LogP) is 1.30. The zero-order valence-electron chi connectivity index (χ0n) is 12.1. The molecule has 0 bridgehead atoms.